The van der Waals surface area contributed by atoms with E-state index >= 15 is 0 Å². The Balaban J connectivity index is 1.26. The van der Waals surface area contributed by atoms with Crippen molar-refractivity contribution in [2.45, 2.75) is 12.8 Å². The first kappa shape index (κ1) is 20.1. The molecule has 0 bridgehead atoms. The number of rotatable bonds is 5. The number of amides is 2. The monoisotopic (exact) mass is 424 g/mol. The minimum Gasteiger partial charge on any atom is -0.421 e. The Hall–Kier alpha value is -3.19. The molecular weight excluding hydrogens is 404 g/mol. The molecule has 30 heavy (non-hydrogen) atoms. The van der Waals surface area contributed by atoms with E-state index in [4.69, 9.17) is 16.0 Å². The van der Waals surface area contributed by atoms with Crippen LogP contribution in [-0.2, 0) is 11.2 Å². The van der Waals surface area contributed by atoms with Crippen LogP contribution in [0.5, 0.6) is 0 Å². The zero-order valence-electron chi connectivity index (χ0n) is 16.3. The van der Waals surface area contributed by atoms with Crippen molar-refractivity contribution in [3.63, 3.8) is 0 Å². The molecule has 0 aliphatic carbocycles. The van der Waals surface area contributed by atoms with Gasteiger partial charge in [0, 0.05) is 55.2 Å². The van der Waals surface area contributed by atoms with Crippen LogP contribution in [-0.4, -0.2) is 58.0 Å². The molecule has 0 N–H and O–H groups in total. The molecule has 0 radical (unpaired) electrons. The molecular formula is C22H21ClN4O3. The van der Waals surface area contributed by atoms with Crippen molar-refractivity contribution in [1.29, 1.82) is 0 Å². The van der Waals surface area contributed by atoms with Gasteiger partial charge in [-0.3, -0.25) is 9.59 Å². The summed E-state index contributed by atoms with van der Waals surface area (Å²) in [5.74, 6) is 0.872. The zero-order valence-corrected chi connectivity index (χ0v) is 17.1. The molecule has 0 saturated carbocycles. The maximum atomic E-state index is 12.6. The normalized spacial score (nSPS) is 14.0. The van der Waals surface area contributed by atoms with E-state index in [9.17, 15) is 9.59 Å². The van der Waals surface area contributed by atoms with Crippen LogP contribution >= 0.6 is 11.6 Å². The number of aromatic nitrogens is 2. The fourth-order valence-electron chi connectivity index (χ4n) is 3.36. The molecule has 0 atom stereocenters. The molecule has 154 valence electrons. The molecule has 0 unspecified atom stereocenters. The molecule has 7 nitrogen and oxygen atoms in total. The number of benzene rings is 2. The number of hydrogen-bond acceptors (Lipinski definition) is 5. The highest BCUT2D eigenvalue weighted by Crippen LogP contribution is 2.18. The van der Waals surface area contributed by atoms with Crippen LogP contribution in [0.3, 0.4) is 0 Å². The predicted octanol–water partition coefficient (Wildman–Crippen LogP) is 3.31. The first-order valence-electron chi connectivity index (χ1n) is 9.80. The quantitative estimate of drug-likeness (QED) is 0.627. The van der Waals surface area contributed by atoms with Gasteiger partial charge in [0.25, 0.3) is 5.91 Å². The van der Waals surface area contributed by atoms with Gasteiger partial charge in [0.05, 0.1) is 0 Å². The van der Waals surface area contributed by atoms with Crippen LogP contribution in [0.15, 0.2) is 59.0 Å². The summed E-state index contributed by atoms with van der Waals surface area (Å²) in [6, 6.07) is 16.4. The molecule has 8 heteroatoms. The third-order valence-electron chi connectivity index (χ3n) is 5.05. The van der Waals surface area contributed by atoms with Crippen LogP contribution in [0.1, 0.15) is 22.7 Å². The van der Waals surface area contributed by atoms with Crippen molar-refractivity contribution in [3.05, 3.63) is 71.1 Å². The Labute approximate surface area is 179 Å². The highest BCUT2D eigenvalue weighted by molar-refractivity contribution is 6.30. The number of halogens is 1. The van der Waals surface area contributed by atoms with Crippen molar-refractivity contribution in [3.8, 4) is 11.5 Å². The lowest BCUT2D eigenvalue weighted by atomic mass is 10.1. The summed E-state index contributed by atoms with van der Waals surface area (Å²) < 4.78 is 5.66. The van der Waals surface area contributed by atoms with Gasteiger partial charge in [0.15, 0.2) is 0 Å². The summed E-state index contributed by atoms with van der Waals surface area (Å²) in [6.07, 6.45) is 0.685. The number of hydrogen-bond donors (Lipinski definition) is 0. The average Bonchev–Trinajstić information content (AvgIpc) is 3.27. The zero-order chi connectivity index (χ0) is 20.9. The second-order valence-corrected chi connectivity index (χ2v) is 7.48. The number of carbonyl (C=O) groups is 2. The second-order valence-electron chi connectivity index (χ2n) is 7.05. The van der Waals surface area contributed by atoms with Gasteiger partial charge in [0.2, 0.25) is 17.7 Å². The van der Waals surface area contributed by atoms with Gasteiger partial charge in [-0.25, -0.2) is 0 Å². The second kappa shape index (κ2) is 9.09. The van der Waals surface area contributed by atoms with E-state index in [0.717, 1.165) is 5.56 Å². The van der Waals surface area contributed by atoms with E-state index in [1.807, 2.05) is 30.3 Å². The van der Waals surface area contributed by atoms with E-state index in [1.165, 1.54) is 0 Å². The fourth-order valence-corrected chi connectivity index (χ4v) is 3.48. The molecule has 1 aromatic heterocycles. The molecule has 1 aliphatic rings. The Morgan fingerprint density at radius 2 is 1.57 bits per heavy atom. The third kappa shape index (κ3) is 4.68. The van der Waals surface area contributed by atoms with Gasteiger partial charge >= 0.3 is 0 Å². The largest absolute Gasteiger partial charge is 0.421 e. The van der Waals surface area contributed by atoms with Crippen molar-refractivity contribution < 1.29 is 14.0 Å². The first-order valence-corrected chi connectivity index (χ1v) is 10.2. The lowest BCUT2D eigenvalue weighted by molar-refractivity contribution is -0.132. The molecule has 4 rings (SSSR count). The predicted molar refractivity (Wildman–Crippen MR) is 112 cm³/mol. The maximum Gasteiger partial charge on any atom is 0.253 e. The van der Waals surface area contributed by atoms with Gasteiger partial charge < -0.3 is 14.2 Å². The number of carbonyl (C=O) groups excluding carboxylic acids is 2. The van der Waals surface area contributed by atoms with Crippen LogP contribution in [0.2, 0.25) is 5.02 Å². The van der Waals surface area contributed by atoms with Crippen molar-refractivity contribution >= 4 is 23.4 Å². The Morgan fingerprint density at radius 3 is 2.27 bits per heavy atom. The topological polar surface area (TPSA) is 79.5 Å². The van der Waals surface area contributed by atoms with Gasteiger partial charge in [-0.2, -0.15) is 0 Å². The third-order valence-corrected chi connectivity index (χ3v) is 5.30. The molecule has 1 saturated heterocycles. The summed E-state index contributed by atoms with van der Waals surface area (Å²) in [5, 5.41) is 8.68. The number of aryl methyl sites for hydroxylation is 1. The molecule has 1 fully saturated rings. The van der Waals surface area contributed by atoms with Gasteiger partial charge in [-0.15, -0.1) is 10.2 Å². The van der Waals surface area contributed by atoms with E-state index in [0.29, 0.717) is 61.4 Å². The van der Waals surface area contributed by atoms with Crippen molar-refractivity contribution in [2.75, 3.05) is 26.2 Å². The molecule has 2 amide bonds. The standard InChI is InChI=1S/C22H21ClN4O3/c23-18-8-6-17(7-9-18)22(29)27-14-12-26(13-15-27)20(28)11-10-19-24-25-21(30-19)16-4-2-1-3-5-16/h1-9H,10-15H2. The highest BCUT2D eigenvalue weighted by Gasteiger charge is 2.25. The number of piperazine rings is 1. The molecule has 3 aromatic rings. The summed E-state index contributed by atoms with van der Waals surface area (Å²) in [5.41, 5.74) is 1.45. The Bertz CT molecular complexity index is 1010. The molecule has 0 spiro atoms. The lowest BCUT2D eigenvalue weighted by Gasteiger charge is -2.34. The highest BCUT2D eigenvalue weighted by atomic mass is 35.5. The van der Waals surface area contributed by atoms with E-state index in [2.05, 4.69) is 10.2 Å². The maximum absolute atomic E-state index is 12.6. The van der Waals surface area contributed by atoms with E-state index in [1.54, 1.807) is 34.1 Å². The molecule has 1 aliphatic heterocycles. The van der Waals surface area contributed by atoms with Gasteiger partial charge in [0.1, 0.15) is 0 Å². The minimum atomic E-state index is -0.0435. The summed E-state index contributed by atoms with van der Waals surface area (Å²) in [4.78, 5) is 28.7. The van der Waals surface area contributed by atoms with Crippen molar-refractivity contribution in [1.82, 2.24) is 20.0 Å². The van der Waals surface area contributed by atoms with Crippen molar-refractivity contribution in [2.24, 2.45) is 0 Å². The summed E-state index contributed by atoms with van der Waals surface area (Å²) in [7, 11) is 0. The van der Waals surface area contributed by atoms with Crippen LogP contribution in [0.4, 0.5) is 0 Å². The number of nitrogens with zero attached hydrogens (tertiary/aromatic N) is 4. The Kier molecular flexibility index (Phi) is 6.09. The van der Waals surface area contributed by atoms with E-state index in [-0.39, 0.29) is 11.8 Å². The lowest BCUT2D eigenvalue weighted by Crippen LogP contribution is -2.50. The van der Waals surface area contributed by atoms with Gasteiger partial charge in [-0.1, -0.05) is 29.8 Å². The fraction of sp³-hybridized carbons (Fsp3) is 0.273. The van der Waals surface area contributed by atoms with Gasteiger partial charge in [-0.05, 0) is 36.4 Å². The smallest absolute Gasteiger partial charge is 0.253 e. The summed E-state index contributed by atoms with van der Waals surface area (Å²) in [6.45, 7) is 2.03. The van der Waals surface area contributed by atoms with Crippen LogP contribution in [0.25, 0.3) is 11.5 Å². The molecule has 2 heterocycles. The Morgan fingerprint density at radius 1 is 0.900 bits per heavy atom. The van der Waals surface area contributed by atoms with E-state index < -0.39 is 0 Å². The summed E-state index contributed by atoms with van der Waals surface area (Å²) >= 11 is 5.88. The minimum absolute atomic E-state index is 0.0213. The van der Waals surface area contributed by atoms with Crippen LogP contribution in [0, 0.1) is 0 Å². The first-order chi connectivity index (χ1) is 14.6. The van der Waals surface area contributed by atoms with Crippen LogP contribution < -0.4 is 0 Å². The SMILES string of the molecule is O=C(CCc1nnc(-c2ccccc2)o1)N1CCN(C(=O)c2ccc(Cl)cc2)CC1. The molecule has 2 aromatic carbocycles. The average molecular weight is 425 g/mol.